The number of benzene rings is 3. The number of esters is 1. The SMILES string of the molecule is CCCOc1ccc(-c2ccccc2C(=O)Nc2ccc3cc(C(=O)OCC)cnc3c2)cc1. The van der Waals surface area contributed by atoms with Crippen molar-refractivity contribution in [1.82, 2.24) is 4.98 Å². The molecule has 0 aliphatic heterocycles. The lowest BCUT2D eigenvalue weighted by molar-refractivity contribution is 0.0526. The molecule has 0 unspecified atom stereocenters. The van der Waals surface area contributed by atoms with Crippen LogP contribution in [0.25, 0.3) is 22.0 Å². The third-order valence-corrected chi connectivity index (χ3v) is 5.26. The minimum absolute atomic E-state index is 0.218. The average molecular weight is 455 g/mol. The number of ether oxygens (including phenoxy) is 2. The second-order valence-corrected chi connectivity index (χ2v) is 7.72. The first-order valence-electron chi connectivity index (χ1n) is 11.3. The first kappa shape index (κ1) is 23.0. The normalized spacial score (nSPS) is 10.6. The van der Waals surface area contributed by atoms with Crippen LogP contribution in [0.1, 0.15) is 41.0 Å². The molecule has 34 heavy (non-hydrogen) atoms. The predicted octanol–water partition coefficient (Wildman–Crippen LogP) is 6.12. The molecule has 0 saturated carbocycles. The van der Waals surface area contributed by atoms with E-state index >= 15 is 0 Å². The number of rotatable bonds is 8. The van der Waals surface area contributed by atoms with E-state index in [0.717, 1.165) is 28.7 Å². The van der Waals surface area contributed by atoms with E-state index < -0.39 is 5.97 Å². The Labute approximate surface area is 198 Å². The zero-order chi connectivity index (χ0) is 23.9. The van der Waals surface area contributed by atoms with Gasteiger partial charge in [-0.1, -0.05) is 43.3 Å². The Morgan fingerprint density at radius 3 is 2.50 bits per heavy atom. The van der Waals surface area contributed by atoms with E-state index in [9.17, 15) is 9.59 Å². The molecule has 0 aliphatic carbocycles. The fourth-order valence-electron chi connectivity index (χ4n) is 3.61. The number of nitrogens with one attached hydrogen (secondary N) is 1. The molecule has 0 atom stereocenters. The first-order chi connectivity index (χ1) is 16.6. The summed E-state index contributed by atoms with van der Waals surface area (Å²) in [6.45, 7) is 4.80. The molecule has 3 aromatic carbocycles. The summed E-state index contributed by atoms with van der Waals surface area (Å²) in [5.74, 6) is 0.183. The predicted molar refractivity (Wildman–Crippen MR) is 133 cm³/mol. The molecular formula is C28H26N2O4. The molecule has 4 aromatic rings. The van der Waals surface area contributed by atoms with E-state index in [1.807, 2.05) is 48.5 Å². The summed E-state index contributed by atoms with van der Waals surface area (Å²) in [6.07, 6.45) is 2.43. The molecule has 0 fully saturated rings. The fourth-order valence-corrected chi connectivity index (χ4v) is 3.61. The van der Waals surface area contributed by atoms with Crippen LogP contribution < -0.4 is 10.1 Å². The Kier molecular flexibility index (Phi) is 7.18. The van der Waals surface area contributed by atoms with Gasteiger partial charge >= 0.3 is 5.97 Å². The van der Waals surface area contributed by atoms with Crippen LogP contribution in [0, 0.1) is 0 Å². The maximum atomic E-state index is 13.2. The monoisotopic (exact) mass is 454 g/mol. The smallest absolute Gasteiger partial charge is 0.339 e. The molecule has 0 radical (unpaired) electrons. The highest BCUT2D eigenvalue weighted by Crippen LogP contribution is 2.27. The van der Waals surface area contributed by atoms with Crippen LogP contribution in [0.3, 0.4) is 0 Å². The van der Waals surface area contributed by atoms with Crippen LogP contribution in [-0.4, -0.2) is 30.1 Å². The summed E-state index contributed by atoms with van der Waals surface area (Å²) in [6, 6.07) is 22.4. The lowest BCUT2D eigenvalue weighted by Crippen LogP contribution is -2.13. The van der Waals surface area contributed by atoms with Gasteiger partial charge in [-0.15, -0.1) is 0 Å². The highest BCUT2D eigenvalue weighted by molar-refractivity contribution is 6.09. The summed E-state index contributed by atoms with van der Waals surface area (Å²) in [7, 11) is 0. The zero-order valence-corrected chi connectivity index (χ0v) is 19.2. The number of fused-ring (bicyclic) bond motifs is 1. The third-order valence-electron chi connectivity index (χ3n) is 5.26. The van der Waals surface area contributed by atoms with Crippen LogP contribution >= 0.6 is 0 Å². The molecule has 0 bridgehead atoms. The van der Waals surface area contributed by atoms with E-state index in [-0.39, 0.29) is 5.91 Å². The van der Waals surface area contributed by atoms with Gasteiger partial charge in [-0.25, -0.2) is 4.79 Å². The van der Waals surface area contributed by atoms with Crippen molar-refractivity contribution in [2.45, 2.75) is 20.3 Å². The van der Waals surface area contributed by atoms with E-state index in [4.69, 9.17) is 9.47 Å². The largest absolute Gasteiger partial charge is 0.494 e. The number of carbonyl (C=O) groups is 2. The summed E-state index contributed by atoms with van der Waals surface area (Å²) in [4.78, 5) is 29.5. The minimum atomic E-state index is -0.407. The summed E-state index contributed by atoms with van der Waals surface area (Å²) in [5.41, 5.74) is 4.01. The molecule has 1 N–H and O–H groups in total. The maximum Gasteiger partial charge on any atom is 0.339 e. The van der Waals surface area contributed by atoms with Gasteiger partial charge in [0.25, 0.3) is 5.91 Å². The third kappa shape index (κ3) is 5.23. The Morgan fingerprint density at radius 1 is 0.941 bits per heavy atom. The van der Waals surface area contributed by atoms with Crippen molar-refractivity contribution in [2.24, 2.45) is 0 Å². The molecule has 6 heteroatoms. The molecular weight excluding hydrogens is 428 g/mol. The van der Waals surface area contributed by atoms with Gasteiger partial charge in [0.15, 0.2) is 0 Å². The lowest BCUT2D eigenvalue weighted by Gasteiger charge is -2.12. The van der Waals surface area contributed by atoms with E-state index in [1.54, 1.807) is 31.2 Å². The van der Waals surface area contributed by atoms with E-state index in [1.165, 1.54) is 6.20 Å². The lowest BCUT2D eigenvalue weighted by atomic mass is 9.99. The summed E-state index contributed by atoms with van der Waals surface area (Å²) >= 11 is 0. The number of amides is 1. The minimum Gasteiger partial charge on any atom is -0.494 e. The van der Waals surface area contributed by atoms with E-state index in [0.29, 0.717) is 35.5 Å². The Hall–Kier alpha value is -4.19. The Morgan fingerprint density at radius 2 is 1.74 bits per heavy atom. The highest BCUT2D eigenvalue weighted by atomic mass is 16.5. The number of nitrogens with zero attached hydrogens (tertiary/aromatic N) is 1. The molecule has 0 spiro atoms. The van der Waals surface area contributed by atoms with Crippen molar-refractivity contribution in [3.05, 3.63) is 90.1 Å². The highest BCUT2D eigenvalue weighted by Gasteiger charge is 2.14. The molecule has 172 valence electrons. The first-order valence-corrected chi connectivity index (χ1v) is 11.3. The molecule has 0 aliphatic rings. The van der Waals surface area contributed by atoms with Gasteiger partial charge in [0.1, 0.15) is 5.75 Å². The van der Waals surface area contributed by atoms with Gasteiger partial charge in [-0.2, -0.15) is 0 Å². The van der Waals surface area contributed by atoms with Crippen molar-refractivity contribution < 1.29 is 19.1 Å². The second-order valence-electron chi connectivity index (χ2n) is 7.72. The maximum absolute atomic E-state index is 13.2. The van der Waals surface area contributed by atoms with Crippen molar-refractivity contribution in [1.29, 1.82) is 0 Å². The van der Waals surface area contributed by atoms with Crippen LogP contribution in [0.4, 0.5) is 5.69 Å². The Bertz CT molecular complexity index is 1320. The standard InChI is InChI=1S/C28H26N2O4/c1-3-15-34-23-13-10-19(11-14-23)24-7-5-6-8-25(24)27(31)30-22-12-9-20-16-21(28(32)33-4-2)18-29-26(20)17-22/h5-14,16-18H,3-4,15H2,1-2H3,(H,30,31). The van der Waals surface area contributed by atoms with Gasteiger partial charge in [-0.05, 0) is 60.9 Å². The second kappa shape index (κ2) is 10.6. The molecule has 6 nitrogen and oxygen atoms in total. The number of anilines is 1. The number of hydrogen-bond acceptors (Lipinski definition) is 5. The molecule has 1 amide bonds. The number of pyridine rings is 1. The molecule has 1 heterocycles. The number of carbonyl (C=O) groups excluding carboxylic acids is 2. The summed E-state index contributed by atoms with van der Waals surface area (Å²) in [5, 5.41) is 3.75. The zero-order valence-electron chi connectivity index (χ0n) is 19.2. The van der Waals surface area contributed by atoms with Gasteiger partial charge in [0.2, 0.25) is 0 Å². The van der Waals surface area contributed by atoms with Gasteiger partial charge in [0.05, 0.1) is 24.3 Å². The molecule has 4 rings (SSSR count). The van der Waals surface area contributed by atoms with Crippen molar-refractivity contribution in [3.8, 4) is 16.9 Å². The fraction of sp³-hybridized carbons (Fsp3) is 0.179. The number of hydrogen-bond donors (Lipinski definition) is 1. The van der Waals surface area contributed by atoms with Gasteiger partial charge in [0, 0.05) is 22.8 Å². The van der Waals surface area contributed by atoms with Crippen molar-refractivity contribution in [2.75, 3.05) is 18.5 Å². The molecule has 0 saturated heterocycles. The van der Waals surface area contributed by atoms with Gasteiger partial charge < -0.3 is 14.8 Å². The summed E-state index contributed by atoms with van der Waals surface area (Å²) < 4.78 is 10.7. The van der Waals surface area contributed by atoms with Crippen LogP contribution in [0.2, 0.25) is 0 Å². The number of aromatic nitrogens is 1. The van der Waals surface area contributed by atoms with Crippen LogP contribution in [-0.2, 0) is 4.74 Å². The molecule has 1 aromatic heterocycles. The topological polar surface area (TPSA) is 77.5 Å². The quantitative estimate of drug-likeness (QED) is 0.325. The average Bonchev–Trinajstić information content (AvgIpc) is 2.87. The van der Waals surface area contributed by atoms with Crippen molar-refractivity contribution >= 4 is 28.5 Å². The van der Waals surface area contributed by atoms with E-state index in [2.05, 4.69) is 17.2 Å². The van der Waals surface area contributed by atoms with Gasteiger partial charge in [-0.3, -0.25) is 9.78 Å². The Balaban J connectivity index is 1.55. The van der Waals surface area contributed by atoms with Crippen LogP contribution in [0.5, 0.6) is 5.75 Å². The van der Waals surface area contributed by atoms with Crippen molar-refractivity contribution in [3.63, 3.8) is 0 Å². The van der Waals surface area contributed by atoms with Crippen LogP contribution in [0.15, 0.2) is 79.0 Å².